The summed E-state index contributed by atoms with van der Waals surface area (Å²) in [7, 11) is 0. The number of nitriles is 1. The summed E-state index contributed by atoms with van der Waals surface area (Å²) >= 11 is 0. The average molecular weight is 521 g/mol. The third-order valence-electron chi connectivity index (χ3n) is 7.09. The fraction of sp³-hybridized carbons (Fsp3) is 0.345. The Bertz CT molecular complexity index is 1360. The van der Waals surface area contributed by atoms with E-state index in [2.05, 4.69) is 21.1 Å². The van der Waals surface area contributed by atoms with Crippen LogP contribution in [0.15, 0.2) is 66.9 Å². The number of nitrogens with one attached hydrogen (secondary N) is 1. The number of ether oxygens (including phenoxy) is 1. The predicted octanol–water partition coefficient (Wildman–Crippen LogP) is 6.10. The number of hydrogen-bond acceptors (Lipinski definition) is 5. The van der Waals surface area contributed by atoms with Crippen molar-refractivity contribution >= 4 is 11.6 Å². The van der Waals surface area contributed by atoms with Crippen molar-refractivity contribution in [3.05, 3.63) is 89.2 Å². The lowest BCUT2D eigenvalue weighted by Gasteiger charge is -2.30. The van der Waals surface area contributed by atoms with Crippen LogP contribution in [0.2, 0.25) is 0 Å². The van der Waals surface area contributed by atoms with Gasteiger partial charge in [0.05, 0.1) is 23.7 Å². The second-order valence-electron chi connectivity index (χ2n) is 10.3. The van der Waals surface area contributed by atoms with Crippen LogP contribution in [0.25, 0.3) is 0 Å². The number of carbonyl (C=O) groups excluding carboxylic acids is 1. The molecule has 2 heterocycles. The van der Waals surface area contributed by atoms with Crippen molar-refractivity contribution in [2.75, 3.05) is 4.90 Å². The van der Waals surface area contributed by atoms with Gasteiger partial charge in [0.15, 0.2) is 0 Å². The zero-order valence-corrected chi connectivity index (χ0v) is 21.0. The van der Waals surface area contributed by atoms with E-state index < -0.39 is 24.0 Å². The monoisotopic (exact) mass is 520 g/mol. The number of rotatable bonds is 7. The second-order valence-corrected chi connectivity index (χ2v) is 10.3. The first-order chi connectivity index (χ1) is 18.0. The van der Waals surface area contributed by atoms with Crippen molar-refractivity contribution in [3.8, 4) is 11.8 Å². The highest BCUT2D eigenvalue weighted by atomic mass is 19.4. The van der Waals surface area contributed by atoms with E-state index in [0.29, 0.717) is 23.6 Å². The van der Waals surface area contributed by atoms with Crippen LogP contribution < -0.4 is 15.0 Å². The summed E-state index contributed by atoms with van der Waals surface area (Å²) in [6.07, 6.45) is -0.218. The van der Waals surface area contributed by atoms with Gasteiger partial charge in [-0.25, -0.2) is 0 Å². The van der Waals surface area contributed by atoms with Gasteiger partial charge in [-0.1, -0.05) is 18.2 Å². The normalized spacial score (nSPS) is 19.9. The third-order valence-corrected chi connectivity index (χ3v) is 7.09. The lowest BCUT2D eigenvalue weighted by atomic mass is 9.93. The predicted molar refractivity (Wildman–Crippen MR) is 135 cm³/mol. The zero-order chi connectivity index (χ0) is 27.1. The molecule has 1 amide bonds. The van der Waals surface area contributed by atoms with Crippen molar-refractivity contribution in [3.63, 3.8) is 0 Å². The van der Waals surface area contributed by atoms with Crippen molar-refractivity contribution < 1.29 is 22.7 Å². The molecule has 1 N–H and O–H groups in total. The summed E-state index contributed by atoms with van der Waals surface area (Å²) in [5.74, 6) is -0.0331. The van der Waals surface area contributed by atoms with Crippen LogP contribution in [0, 0.1) is 11.3 Å². The van der Waals surface area contributed by atoms with E-state index in [0.717, 1.165) is 29.7 Å². The molecule has 0 bridgehead atoms. The lowest BCUT2D eigenvalue weighted by Crippen LogP contribution is -2.47. The quantitative estimate of drug-likeness (QED) is 0.407. The van der Waals surface area contributed by atoms with Crippen LogP contribution in [0.5, 0.6) is 5.75 Å². The molecule has 2 atom stereocenters. The van der Waals surface area contributed by atoms with Crippen LogP contribution in [-0.4, -0.2) is 23.3 Å². The highest BCUT2D eigenvalue weighted by Crippen LogP contribution is 2.41. The molecule has 1 aliphatic carbocycles. The molecule has 9 heteroatoms. The summed E-state index contributed by atoms with van der Waals surface area (Å²) < 4.78 is 41.9. The number of amides is 1. The fourth-order valence-electron chi connectivity index (χ4n) is 5.00. The summed E-state index contributed by atoms with van der Waals surface area (Å²) in [6.45, 7) is 3.98. The molecule has 6 nitrogen and oxygen atoms in total. The fourth-order valence-corrected chi connectivity index (χ4v) is 5.00. The van der Waals surface area contributed by atoms with E-state index in [1.54, 1.807) is 23.1 Å². The number of benzene rings is 2. The smallest absolute Gasteiger partial charge is 0.406 e. The van der Waals surface area contributed by atoms with E-state index >= 15 is 0 Å². The topological polar surface area (TPSA) is 78.3 Å². The lowest BCUT2D eigenvalue weighted by molar-refractivity contribution is -0.274. The number of alkyl halides is 3. The Morgan fingerprint density at radius 1 is 1.08 bits per heavy atom. The number of aromatic nitrogens is 1. The van der Waals surface area contributed by atoms with Gasteiger partial charge in [0.2, 0.25) is 5.91 Å². The molecule has 1 aliphatic heterocycles. The maximum absolute atomic E-state index is 13.8. The van der Waals surface area contributed by atoms with Crippen LogP contribution in [0.3, 0.4) is 0 Å². The van der Waals surface area contributed by atoms with Gasteiger partial charge in [0.25, 0.3) is 0 Å². The molecule has 1 aromatic heterocycles. The van der Waals surface area contributed by atoms with E-state index in [4.69, 9.17) is 0 Å². The maximum Gasteiger partial charge on any atom is 0.573 e. The van der Waals surface area contributed by atoms with Gasteiger partial charge in [-0.05, 0) is 86.7 Å². The molecule has 38 heavy (non-hydrogen) atoms. The van der Waals surface area contributed by atoms with Crippen molar-refractivity contribution in [1.29, 1.82) is 5.26 Å². The molecule has 196 valence electrons. The SMILES string of the molecule is CC(C)(N[C@H]1C[C@@H](c2cccc(C#N)c2)N(c2ccc(OC(F)(F)F)cc2)C1=O)c1ccc(C2CC2)nc1. The van der Waals surface area contributed by atoms with Crippen molar-refractivity contribution in [1.82, 2.24) is 10.3 Å². The van der Waals surface area contributed by atoms with Crippen LogP contribution in [0.1, 0.15) is 67.5 Å². The number of anilines is 1. The van der Waals surface area contributed by atoms with Gasteiger partial charge in [-0.15, -0.1) is 13.2 Å². The maximum atomic E-state index is 13.8. The van der Waals surface area contributed by atoms with Gasteiger partial charge in [-0.2, -0.15) is 5.26 Å². The Morgan fingerprint density at radius 2 is 1.82 bits per heavy atom. The summed E-state index contributed by atoms with van der Waals surface area (Å²) in [4.78, 5) is 20.0. The highest BCUT2D eigenvalue weighted by molar-refractivity contribution is 6.00. The molecular formula is C29H27F3N4O2. The average Bonchev–Trinajstić information content (AvgIpc) is 3.69. The summed E-state index contributed by atoms with van der Waals surface area (Å²) in [5.41, 5.74) is 3.13. The molecule has 3 aromatic rings. The van der Waals surface area contributed by atoms with Crippen LogP contribution >= 0.6 is 0 Å². The Balaban J connectivity index is 1.43. The Hall–Kier alpha value is -3.90. The van der Waals surface area contributed by atoms with Gasteiger partial charge in [0.1, 0.15) is 5.75 Å². The minimum absolute atomic E-state index is 0.211. The molecule has 2 aliphatic rings. The molecular weight excluding hydrogens is 493 g/mol. The van der Waals surface area contributed by atoms with E-state index in [9.17, 15) is 23.2 Å². The number of carbonyl (C=O) groups is 1. The zero-order valence-electron chi connectivity index (χ0n) is 21.0. The highest BCUT2D eigenvalue weighted by Gasteiger charge is 2.43. The van der Waals surface area contributed by atoms with Crippen LogP contribution in [0.4, 0.5) is 18.9 Å². The van der Waals surface area contributed by atoms with Crippen LogP contribution in [-0.2, 0) is 10.3 Å². The van der Waals surface area contributed by atoms with E-state index in [1.165, 1.54) is 24.3 Å². The Morgan fingerprint density at radius 3 is 2.42 bits per heavy atom. The Labute approximate surface area is 219 Å². The largest absolute Gasteiger partial charge is 0.573 e. The molecule has 5 rings (SSSR count). The molecule has 0 unspecified atom stereocenters. The van der Waals surface area contributed by atoms with Crippen molar-refractivity contribution in [2.24, 2.45) is 0 Å². The van der Waals surface area contributed by atoms with Crippen molar-refractivity contribution in [2.45, 2.75) is 63.0 Å². The minimum atomic E-state index is -4.81. The van der Waals surface area contributed by atoms with Gasteiger partial charge in [0, 0.05) is 29.0 Å². The molecule has 0 radical (unpaired) electrons. The molecule has 2 aromatic carbocycles. The van der Waals surface area contributed by atoms with Gasteiger partial charge in [-0.3, -0.25) is 15.1 Å². The molecule has 1 saturated heterocycles. The number of nitrogens with zero attached hydrogens (tertiary/aromatic N) is 3. The summed E-state index contributed by atoms with van der Waals surface area (Å²) in [5, 5.41) is 12.9. The Kier molecular flexibility index (Phi) is 6.61. The first-order valence-corrected chi connectivity index (χ1v) is 12.5. The van der Waals surface area contributed by atoms with Gasteiger partial charge >= 0.3 is 6.36 Å². The molecule has 0 spiro atoms. The number of pyridine rings is 1. The molecule has 2 fully saturated rings. The molecule has 1 saturated carbocycles. The first-order valence-electron chi connectivity index (χ1n) is 12.5. The second kappa shape index (κ2) is 9.76. The standard InChI is InChI=1S/C29H27F3N4O2/c1-28(2,21-8-13-24(34-17-21)19-6-7-19)35-25-15-26(20-5-3-4-18(14-20)16-33)36(27(25)37)22-9-11-23(12-10-22)38-29(30,31)32/h3-5,8-14,17,19,25-26,35H,6-7,15H2,1-2H3/t25-,26-/m0/s1. The number of halogens is 3. The third kappa shape index (κ3) is 5.50. The summed E-state index contributed by atoms with van der Waals surface area (Å²) in [6, 6.07) is 17.5. The van der Waals surface area contributed by atoms with E-state index in [1.807, 2.05) is 38.2 Å². The first kappa shape index (κ1) is 25.7. The minimum Gasteiger partial charge on any atom is -0.406 e. The van der Waals surface area contributed by atoms with E-state index in [-0.39, 0.29) is 11.7 Å². The number of hydrogen-bond donors (Lipinski definition) is 1. The van der Waals surface area contributed by atoms with Gasteiger partial charge < -0.3 is 9.64 Å².